The first kappa shape index (κ1) is 63.1. The molecule has 0 saturated carbocycles. The molecule has 8 nitrogen and oxygen atoms in total. The normalized spacial score (nSPS) is 15.1. The molecule has 11 heteroatoms. The Morgan fingerprint density at radius 3 is 1.25 bits per heavy atom. The van der Waals surface area contributed by atoms with Crippen molar-refractivity contribution in [2.24, 2.45) is 22.9 Å². The molecule has 2 fully saturated rings. The van der Waals surface area contributed by atoms with Gasteiger partial charge in [-0.2, -0.15) is 0 Å². The number of hydrogen-bond donors (Lipinski definition) is 6. The summed E-state index contributed by atoms with van der Waals surface area (Å²) in [6.45, 7) is 8.47. The lowest BCUT2D eigenvalue weighted by atomic mass is 9.84. The summed E-state index contributed by atoms with van der Waals surface area (Å²) < 4.78 is 7.78. The second-order valence-corrected chi connectivity index (χ2v) is 30.3. The highest BCUT2D eigenvalue weighted by Crippen LogP contribution is 2.44. The summed E-state index contributed by atoms with van der Waals surface area (Å²) in [6, 6.07) is 93.6. The minimum atomic E-state index is -0.197. The molecule has 3 atom stereocenters. The van der Waals surface area contributed by atoms with Crippen molar-refractivity contribution in [1.29, 1.82) is 0 Å². The van der Waals surface area contributed by atoms with Crippen LogP contribution in [0.4, 0.5) is 11.4 Å². The van der Waals surface area contributed by atoms with Crippen LogP contribution in [0.2, 0.25) is 0 Å². The van der Waals surface area contributed by atoms with Crippen molar-refractivity contribution in [2.45, 2.75) is 43.8 Å². The Balaban J connectivity index is 0.573. The molecule has 0 aliphatic carbocycles. The number of aryl methyl sites for hydroxylation is 1. The molecule has 0 bridgehead atoms. The zero-order chi connectivity index (χ0) is 66.5. The number of nitrogens with one attached hydrogen (secondary N) is 2. The van der Waals surface area contributed by atoms with E-state index in [-0.39, 0.29) is 18.0 Å². The van der Waals surface area contributed by atoms with Crippen molar-refractivity contribution >= 4 is 106 Å². The van der Waals surface area contributed by atoms with Crippen LogP contribution in [0.5, 0.6) is 0 Å². The molecule has 3 unspecified atom stereocenters. The summed E-state index contributed by atoms with van der Waals surface area (Å²) in [6.07, 6.45) is 2.83. The van der Waals surface area contributed by atoms with Gasteiger partial charge in [-0.25, -0.2) is 0 Å². The Labute approximate surface area is 591 Å². The Morgan fingerprint density at radius 1 is 0.384 bits per heavy atom. The van der Waals surface area contributed by atoms with E-state index in [9.17, 15) is 0 Å². The molecule has 17 rings (SSSR count). The van der Waals surface area contributed by atoms with Crippen molar-refractivity contribution < 1.29 is 0 Å². The van der Waals surface area contributed by atoms with Gasteiger partial charge >= 0.3 is 0 Å². The van der Waals surface area contributed by atoms with Gasteiger partial charge in [-0.05, 0) is 236 Å². The molecule has 10 N–H and O–H groups in total. The molecule has 2 saturated heterocycles. The first-order valence-electron chi connectivity index (χ1n) is 35.1. The van der Waals surface area contributed by atoms with Gasteiger partial charge in [0.25, 0.3) is 0 Å². The molecule has 2 aliphatic rings. The first-order valence-corrected chi connectivity index (χ1v) is 37.5. The minimum absolute atomic E-state index is 0.0737. The van der Waals surface area contributed by atoms with E-state index in [0.29, 0.717) is 19.6 Å². The van der Waals surface area contributed by atoms with Gasteiger partial charge in [0.05, 0.1) is 0 Å². The van der Waals surface area contributed by atoms with Crippen molar-refractivity contribution in [3.05, 3.63) is 277 Å². The number of hydrogen-bond acceptors (Lipinski definition) is 11. The van der Waals surface area contributed by atoms with Gasteiger partial charge in [0.1, 0.15) is 0 Å². The molecule has 490 valence electrons. The molecule has 3 aromatic heterocycles. The second kappa shape index (κ2) is 27.4. The van der Waals surface area contributed by atoms with Gasteiger partial charge in [-0.1, -0.05) is 140 Å². The molecule has 99 heavy (non-hydrogen) atoms. The number of rotatable bonds is 18. The summed E-state index contributed by atoms with van der Waals surface area (Å²) >= 11 is 5.58. The van der Waals surface area contributed by atoms with Crippen LogP contribution in [0.15, 0.2) is 249 Å². The highest BCUT2D eigenvalue weighted by molar-refractivity contribution is 7.26. The van der Waals surface area contributed by atoms with Crippen LogP contribution in [-0.4, -0.2) is 64.9 Å². The van der Waals surface area contributed by atoms with E-state index in [4.69, 9.17) is 22.9 Å². The highest BCUT2D eigenvalue weighted by atomic mass is 32.1. The fraction of sp³-hybridized carbons (Fsp3) is 0.182. The van der Waals surface area contributed by atoms with E-state index >= 15 is 0 Å². The fourth-order valence-corrected chi connectivity index (χ4v) is 18.7. The highest BCUT2D eigenvalue weighted by Gasteiger charge is 2.27. The topological polar surface area (TPSA) is 135 Å². The van der Waals surface area contributed by atoms with Crippen molar-refractivity contribution in [3.8, 4) is 66.8 Å². The van der Waals surface area contributed by atoms with Gasteiger partial charge in [-0.3, -0.25) is 0 Å². The van der Waals surface area contributed by atoms with E-state index in [1.165, 1.54) is 150 Å². The lowest BCUT2D eigenvalue weighted by Gasteiger charge is -2.38. The third kappa shape index (κ3) is 12.5. The van der Waals surface area contributed by atoms with E-state index < -0.39 is 0 Å². The van der Waals surface area contributed by atoms with Crippen LogP contribution in [-0.2, 0) is 13.0 Å². The predicted octanol–water partition coefficient (Wildman–Crippen LogP) is 19.5. The van der Waals surface area contributed by atoms with Gasteiger partial charge in [-0.15, -0.1) is 34.0 Å². The molecule has 15 aromatic rings. The Hall–Kier alpha value is -9.34. The zero-order valence-electron chi connectivity index (χ0n) is 55.5. The molecule has 0 spiro atoms. The van der Waals surface area contributed by atoms with Crippen LogP contribution in [0.3, 0.4) is 0 Å². The maximum atomic E-state index is 7.29. The molecule has 0 radical (unpaired) electrons. The van der Waals surface area contributed by atoms with Gasteiger partial charge < -0.3 is 43.4 Å². The van der Waals surface area contributed by atoms with Crippen LogP contribution in [0.25, 0.3) is 127 Å². The summed E-state index contributed by atoms with van der Waals surface area (Å²) in [5, 5.41) is 15.0. The average Bonchev–Trinajstić information content (AvgIpc) is 1.61. The summed E-state index contributed by atoms with van der Waals surface area (Å²) in [7, 11) is 0. The lowest BCUT2D eigenvalue weighted by Crippen LogP contribution is -2.54. The van der Waals surface area contributed by atoms with Crippen LogP contribution >= 0.6 is 34.0 Å². The molecule has 12 aromatic carbocycles. The smallest absolute Gasteiger partial charge is 0.0468 e. The molecule has 0 amide bonds. The lowest BCUT2D eigenvalue weighted by molar-refractivity contribution is 0.400. The number of fused-ring (bicyclic) bond motifs is 9. The van der Waals surface area contributed by atoms with Gasteiger partial charge in [0.2, 0.25) is 0 Å². The summed E-state index contributed by atoms with van der Waals surface area (Å²) in [5.74, 6) is 0.106. The van der Waals surface area contributed by atoms with E-state index in [2.05, 4.69) is 269 Å². The third-order valence-corrected chi connectivity index (χ3v) is 24.5. The quantitative estimate of drug-likeness (QED) is 0.0500. The van der Waals surface area contributed by atoms with E-state index in [1.54, 1.807) is 0 Å². The monoisotopic (exact) mass is 1340 g/mol. The fourth-order valence-electron chi connectivity index (χ4n) is 15.5. The van der Waals surface area contributed by atoms with Crippen molar-refractivity contribution in [2.75, 3.05) is 68.7 Å². The number of thiophene rings is 3. The van der Waals surface area contributed by atoms with Crippen LogP contribution < -0.4 is 43.4 Å². The predicted molar refractivity (Wildman–Crippen MR) is 427 cm³/mol. The molecular weight excluding hydrogens is 1270 g/mol. The van der Waals surface area contributed by atoms with Crippen LogP contribution in [0.1, 0.15) is 52.6 Å². The Bertz CT molecular complexity index is 5450. The zero-order valence-corrected chi connectivity index (χ0v) is 58.0. The Kier molecular flexibility index (Phi) is 17.5. The minimum Gasteiger partial charge on any atom is -0.369 e. The van der Waals surface area contributed by atoms with E-state index in [0.717, 1.165) is 81.8 Å². The number of anilines is 2. The molecular formula is C88H80N8S3. The summed E-state index contributed by atoms with van der Waals surface area (Å²) in [5.41, 5.74) is 49.3. The maximum Gasteiger partial charge on any atom is 0.0468 e. The van der Waals surface area contributed by atoms with Gasteiger partial charge in [0.15, 0.2) is 0 Å². The molecule has 5 heterocycles. The standard InChI is InChI=1S/C88H80N8S3/c89-37-2-3-55-6-8-56(9-7-55)63-19-30-82-75(47-63)76-48-64(20-31-83(76)97-82)57-10-12-60(13-11-57)74(36-38-90)73-29-18-62(46-70(73)53-91)68-24-35-87-80(52-68)79-51-67(23-34-86(79)99-87)61-4-1-5-69(45-61)88(92)81-54-96(44-41-94-81)72-27-16-59(17-28-72)66-22-33-85-78(50-66)77-49-65(21-32-84(77)98-85)58-14-25-71(26-15-58)95-42-39-93-40-43-95/h1,4-35,45-52,74,81,88,93-94H,2-3,36-44,53-54,89-92H2. The maximum absolute atomic E-state index is 7.29. The number of nitrogens with two attached hydrogens (primary N) is 4. The van der Waals surface area contributed by atoms with Crippen molar-refractivity contribution in [1.82, 2.24) is 10.6 Å². The largest absolute Gasteiger partial charge is 0.369 e. The summed E-state index contributed by atoms with van der Waals surface area (Å²) in [4.78, 5) is 4.96. The SMILES string of the molecule is NCCCc1ccc(-c2ccc3sc4ccc(-c5ccc(C(CCN)c6ccc(-c7ccc8sc9ccc(-c%10cccc(C(N)C%11CN(c%12ccc(-c%13ccc%14sc%15ccc(-c%16ccc(N%17CCNCC%17)cc%16)cc%15c%14c%13)cc%12)CCN%11)c%10)cc9c8c7)cc6CN)cc5)cc4c3c2)cc1. The number of benzene rings is 12. The molecule has 2 aliphatic heterocycles. The van der Waals surface area contributed by atoms with Crippen LogP contribution in [0, 0.1) is 0 Å². The average molecular weight is 1350 g/mol. The second-order valence-electron chi connectivity index (χ2n) is 27.0. The Morgan fingerprint density at radius 2 is 0.788 bits per heavy atom. The number of piperazine rings is 2. The number of nitrogens with zero attached hydrogens (tertiary/aromatic N) is 2. The van der Waals surface area contributed by atoms with Gasteiger partial charge in [0, 0.05) is 142 Å². The first-order chi connectivity index (χ1) is 48.8. The van der Waals surface area contributed by atoms with Crippen molar-refractivity contribution in [3.63, 3.8) is 0 Å². The third-order valence-electron chi connectivity index (χ3n) is 21.0. The van der Waals surface area contributed by atoms with E-state index in [1.807, 2.05) is 34.0 Å².